The predicted octanol–water partition coefficient (Wildman–Crippen LogP) is 1.96. The third kappa shape index (κ3) is 5.90. The maximum Gasteiger partial charge on any atom is 0.308 e. The molecule has 9 heteroatoms. The molecule has 29 heavy (non-hydrogen) atoms. The first-order valence-corrected chi connectivity index (χ1v) is 9.99. The molecule has 1 aromatic rings. The Hall–Kier alpha value is -2.68. The van der Waals surface area contributed by atoms with Crippen LogP contribution < -0.4 is 5.32 Å². The lowest BCUT2D eigenvalue weighted by atomic mass is 9.97. The molecule has 1 unspecified atom stereocenters. The Morgan fingerprint density at radius 1 is 1.31 bits per heavy atom. The van der Waals surface area contributed by atoms with Gasteiger partial charge >= 0.3 is 5.97 Å². The van der Waals surface area contributed by atoms with E-state index >= 15 is 0 Å². The number of non-ortho nitro benzene ring substituents is 1. The predicted molar refractivity (Wildman–Crippen MR) is 107 cm³/mol. The van der Waals surface area contributed by atoms with Crippen molar-refractivity contribution < 1.29 is 19.2 Å². The number of esters is 1. The van der Waals surface area contributed by atoms with Crippen molar-refractivity contribution in [3.05, 3.63) is 39.9 Å². The van der Waals surface area contributed by atoms with Gasteiger partial charge in [0, 0.05) is 44.3 Å². The van der Waals surface area contributed by atoms with Crippen molar-refractivity contribution in [3.63, 3.8) is 0 Å². The molecule has 1 N–H and O–H groups in total. The number of nitrogens with zero attached hydrogens (tertiary/aromatic N) is 3. The summed E-state index contributed by atoms with van der Waals surface area (Å²) in [5.41, 5.74) is 0.978. The average Bonchev–Trinajstić information content (AvgIpc) is 3.27. The molecule has 2 saturated heterocycles. The van der Waals surface area contributed by atoms with Crippen molar-refractivity contribution in [1.29, 1.82) is 0 Å². The molecule has 3 rings (SSSR count). The van der Waals surface area contributed by atoms with Crippen LogP contribution in [0.5, 0.6) is 0 Å². The van der Waals surface area contributed by atoms with Crippen LogP contribution in [-0.4, -0.2) is 61.7 Å². The molecule has 1 atom stereocenters. The molecule has 0 spiro atoms. The van der Waals surface area contributed by atoms with Crippen molar-refractivity contribution in [3.8, 4) is 0 Å². The summed E-state index contributed by atoms with van der Waals surface area (Å²) in [6.07, 6.45) is 2.50. The van der Waals surface area contributed by atoms with Crippen LogP contribution in [0, 0.1) is 22.0 Å². The normalized spacial score (nSPS) is 20.5. The average molecular weight is 404 g/mol. The monoisotopic (exact) mass is 404 g/mol. The van der Waals surface area contributed by atoms with Gasteiger partial charge in [0.05, 0.1) is 31.1 Å². The zero-order valence-corrected chi connectivity index (χ0v) is 16.7. The Labute approximate surface area is 170 Å². The van der Waals surface area contributed by atoms with Crippen LogP contribution in [0.4, 0.5) is 5.69 Å². The van der Waals surface area contributed by atoms with E-state index in [1.807, 2.05) is 0 Å². The summed E-state index contributed by atoms with van der Waals surface area (Å²) < 4.78 is 10.3. The first-order chi connectivity index (χ1) is 14.1. The van der Waals surface area contributed by atoms with Gasteiger partial charge in [0.15, 0.2) is 5.96 Å². The number of ether oxygens (including phenoxy) is 2. The van der Waals surface area contributed by atoms with Crippen LogP contribution in [0.15, 0.2) is 29.3 Å². The number of methoxy groups -OCH3 is 1. The minimum atomic E-state index is -0.408. The van der Waals surface area contributed by atoms with E-state index in [0.717, 1.165) is 63.6 Å². The number of nitro benzene ring substituents is 1. The summed E-state index contributed by atoms with van der Waals surface area (Å²) in [7, 11) is 1.43. The summed E-state index contributed by atoms with van der Waals surface area (Å²) in [5, 5.41) is 14.3. The van der Waals surface area contributed by atoms with Gasteiger partial charge in [0.25, 0.3) is 5.69 Å². The standard InChI is InChI=1S/C20H28N4O5/c1-28-19(25)17-6-9-23(10-7-17)20(22-13-16-8-11-29-14-16)21-12-15-2-4-18(5-3-15)24(26)27/h2-5,16-17H,6-14H2,1H3,(H,21,22). The molecule has 0 amide bonds. The number of hydrogen-bond acceptors (Lipinski definition) is 6. The van der Waals surface area contributed by atoms with Crippen molar-refractivity contribution in [2.45, 2.75) is 25.8 Å². The summed E-state index contributed by atoms with van der Waals surface area (Å²) >= 11 is 0. The van der Waals surface area contributed by atoms with Crippen LogP contribution in [0.1, 0.15) is 24.8 Å². The second kappa shape index (κ2) is 10.2. The highest BCUT2D eigenvalue weighted by molar-refractivity contribution is 5.80. The second-order valence-corrected chi connectivity index (χ2v) is 7.46. The smallest absolute Gasteiger partial charge is 0.308 e. The number of nitro groups is 1. The third-order valence-corrected chi connectivity index (χ3v) is 5.46. The van der Waals surface area contributed by atoms with Crippen LogP contribution in [-0.2, 0) is 20.8 Å². The molecule has 2 aliphatic heterocycles. The molecule has 2 fully saturated rings. The summed E-state index contributed by atoms with van der Waals surface area (Å²) in [5.74, 6) is 1.06. The van der Waals surface area contributed by atoms with E-state index in [1.54, 1.807) is 12.1 Å². The number of hydrogen-bond donors (Lipinski definition) is 1. The molecule has 2 aliphatic rings. The van der Waals surface area contributed by atoms with Gasteiger partial charge in [0.2, 0.25) is 0 Å². The molecule has 0 aliphatic carbocycles. The van der Waals surface area contributed by atoms with E-state index in [9.17, 15) is 14.9 Å². The Balaban J connectivity index is 1.64. The summed E-state index contributed by atoms with van der Waals surface area (Å²) in [6.45, 7) is 4.23. The quantitative estimate of drug-likeness (QED) is 0.254. The topological polar surface area (TPSA) is 106 Å². The van der Waals surface area contributed by atoms with Crippen LogP contribution in [0.25, 0.3) is 0 Å². The van der Waals surface area contributed by atoms with Crippen molar-refractivity contribution in [2.75, 3.05) is 40.0 Å². The number of carbonyl (C=O) groups is 1. The maximum atomic E-state index is 11.8. The highest BCUT2D eigenvalue weighted by atomic mass is 16.6. The molecule has 0 radical (unpaired) electrons. The Morgan fingerprint density at radius 3 is 2.62 bits per heavy atom. The van der Waals surface area contributed by atoms with Gasteiger partial charge in [0.1, 0.15) is 0 Å². The van der Waals surface area contributed by atoms with E-state index in [-0.39, 0.29) is 17.6 Å². The summed E-state index contributed by atoms with van der Waals surface area (Å²) in [6, 6.07) is 6.45. The molecule has 1 aromatic carbocycles. The van der Waals surface area contributed by atoms with Crippen LogP contribution in [0.2, 0.25) is 0 Å². The first-order valence-electron chi connectivity index (χ1n) is 9.99. The van der Waals surface area contributed by atoms with E-state index in [1.165, 1.54) is 19.2 Å². The lowest BCUT2D eigenvalue weighted by molar-refractivity contribution is -0.384. The number of benzene rings is 1. The molecule has 0 aromatic heterocycles. The number of aliphatic imine (C=N–C) groups is 1. The fourth-order valence-electron chi connectivity index (χ4n) is 3.63. The number of rotatable bonds is 6. The zero-order valence-electron chi connectivity index (χ0n) is 16.7. The third-order valence-electron chi connectivity index (χ3n) is 5.46. The van der Waals surface area contributed by atoms with Gasteiger partial charge in [-0.1, -0.05) is 12.1 Å². The van der Waals surface area contributed by atoms with Crippen molar-refractivity contribution in [1.82, 2.24) is 10.2 Å². The molecule has 0 saturated carbocycles. The largest absolute Gasteiger partial charge is 0.469 e. The number of piperidine rings is 1. The van der Waals surface area contributed by atoms with E-state index in [0.29, 0.717) is 12.5 Å². The van der Waals surface area contributed by atoms with E-state index in [4.69, 9.17) is 14.5 Å². The molecule has 158 valence electrons. The number of nitrogens with one attached hydrogen (secondary N) is 1. The number of likely N-dealkylation sites (tertiary alicyclic amines) is 1. The van der Waals surface area contributed by atoms with Crippen molar-refractivity contribution >= 4 is 17.6 Å². The zero-order chi connectivity index (χ0) is 20.6. The molecular weight excluding hydrogens is 376 g/mol. The fraction of sp³-hybridized carbons (Fsp3) is 0.600. The number of carbonyl (C=O) groups excluding carboxylic acids is 1. The maximum absolute atomic E-state index is 11.8. The first kappa shape index (κ1) is 21.0. The van der Waals surface area contributed by atoms with Crippen LogP contribution >= 0.6 is 0 Å². The lowest BCUT2D eigenvalue weighted by Crippen LogP contribution is -2.47. The second-order valence-electron chi connectivity index (χ2n) is 7.46. The Morgan fingerprint density at radius 2 is 2.03 bits per heavy atom. The SMILES string of the molecule is COC(=O)C1CCN(C(=NCc2ccc([N+](=O)[O-])cc2)NCC2CCOC2)CC1. The lowest BCUT2D eigenvalue weighted by Gasteiger charge is -2.33. The van der Waals surface area contributed by atoms with E-state index in [2.05, 4.69) is 10.2 Å². The number of guanidine groups is 1. The fourth-order valence-corrected chi connectivity index (χ4v) is 3.63. The van der Waals surface area contributed by atoms with Gasteiger partial charge in [-0.2, -0.15) is 0 Å². The molecule has 0 bridgehead atoms. The van der Waals surface area contributed by atoms with Crippen LogP contribution in [0.3, 0.4) is 0 Å². The Kier molecular flexibility index (Phi) is 7.40. The van der Waals surface area contributed by atoms with Gasteiger partial charge in [-0.3, -0.25) is 14.9 Å². The van der Waals surface area contributed by atoms with Gasteiger partial charge < -0.3 is 19.7 Å². The highest BCUT2D eigenvalue weighted by Crippen LogP contribution is 2.19. The molecule has 9 nitrogen and oxygen atoms in total. The minimum absolute atomic E-state index is 0.0598. The van der Waals surface area contributed by atoms with E-state index < -0.39 is 4.92 Å². The summed E-state index contributed by atoms with van der Waals surface area (Å²) in [4.78, 5) is 29.1. The molecule has 2 heterocycles. The van der Waals surface area contributed by atoms with Gasteiger partial charge in [-0.15, -0.1) is 0 Å². The minimum Gasteiger partial charge on any atom is -0.469 e. The van der Waals surface area contributed by atoms with Gasteiger partial charge in [-0.05, 0) is 24.8 Å². The molecular formula is C20H28N4O5. The Bertz CT molecular complexity index is 723. The van der Waals surface area contributed by atoms with Gasteiger partial charge in [-0.25, -0.2) is 4.99 Å². The van der Waals surface area contributed by atoms with Crippen molar-refractivity contribution in [2.24, 2.45) is 16.8 Å². The highest BCUT2D eigenvalue weighted by Gasteiger charge is 2.27.